The first-order valence-electron chi connectivity index (χ1n) is 7.54. The van der Waals surface area contributed by atoms with Crippen molar-refractivity contribution in [2.45, 2.75) is 5.22 Å². The van der Waals surface area contributed by atoms with Gasteiger partial charge in [0, 0.05) is 12.1 Å². The largest absolute Gasteiger partial charge is 0.497 e. The number of amides is 1. The number of rotatable bonds is 5. The minimum atomic E-state index is -0.382. The van der Waals surface area contributed by atoms with E-state index in [0.29, 0.717) is 27.2 Å². The summed E-state index contributed by atoms with van der Waals surface area (Å²) in [6.45, 7) is 0. The van der Waals surface area contributed by atoms with Crippen LogP contribution in [-0.4, -0.2) is 28.7 Å². The number of thioether (sulfide) groups is 1. The lowest BCUT2D eigenvalue weighted by atomic mass is 10.3. The Bertz CT molecular complexity index is 1110. The first-order valence-corrected chi connectivity index (χ1v) is 9.34. The molecule has 2 aromatic carbocycles. The number of thiazole rings is 1. The maximum atomic E-state index is 13.2. The molecule has 6 nitrogen and oxygen atoms in total. The van der Waals surface area contributed by atoms with E-state index in [4.69, 9.17) is 9.15 Å². The molecule has 2 heterocycles. The van der Waals surface area contributed by atoms with Crippen molar-refractivity contribution in [3.63, 3.8) is 0 Å². The van der Waals surface area contributed by atoms with Gasteiger partial charge >= 0.3 is 0 Å². The van der Waals surface area contributed by atoms with E-state index in [1.54, 1.807) is 7.11 Å². The number of nitrogens with zero attached hydrogens (tertiary/aromatic N) is 2. The van der Waals surface area contributed by atoms with E-state index in [2.05, 4.69) is 15.3 Å². The molecule has 0 aliphatic carbocycles. The third-order valence-electron chi connectivity index (χ3n) is 3.50. The topological polar surface area (TPSA) is 77.2 Å². The lowest BCUT2D eigenvalue weighted by Crippen LogP contribution is -2.13. The van der Waals surface area contributed by atoms with Gasteiger partial charge in [0.15, 0.2) is 10.7 Å². The van der Waals surface area contributed by atoms with Gasteiger partial charge < -0.3 is 14.5 Å². The van der Waals surface area contributed by atoms with Crippen LogP contribution >= 0.6 is 23.1 Å². The molecule has 4 aromatic rings. The zero-order valence-corrected chi connectivity index (χ0v) is 15.1. The Morgan fingerprint density at radius 1 is 1.27 bits per heavy atom. The molecule has 0 saturated heterocycles. The third-order valence-corrected chi connectivity index (χ3v) is 5.28. The monoisotopic (exact) mass is 389 g/mol. The number of methoxy groups -OCH3 is 1. The Morgan fingerprint density at radius 2 is 2.15 bits per heavy atom. The summed E-state index contributed by atoms with van der Waals surface area (Å²) in [5.41, 5.74) is 1.67. The zero-order chi connectivity index (χ0) is 18.1. The lowest BCUT2D eigenvalue weighted by Gasteiger charge is -1.98. The Balaban J connectivity index is 1.41. The van der Waals surface area contributed by atoms with Gasteiger partial charge in [-0.1, -0.05) is 23.1 Å². The maximum absolute atomic E-state index is 13.2. The van der Waals surface area contributed by atoms with Crippen LogP contribution in [0, 0.1) is 5.82 Å². The van der Waals surface area contributed by atoms with E-state index in [0.717, 1.165) is 22.0 Å². The van der Waals surface area contributed by atoms with Gasteiger partial charge in [-0.15, -0.1) is 0 Å². The van der Waals surface area contributed by atoms with Crippen molar-refractivity contribution in [2.24, 2.45) is 0 Å². The standard InChI is InChI=1S/C17H12FN3O3S2/c1-23-10-3-5-14-12(7-10)19-16(26-14)21-15(22)8-25-17-20-11-6-9(18)2-4-13(11)24-17/h2-7H,8H2,1H3,(H,19,21,22). The van der Waals surface area contributed by atoms with Crippen molar-refractivity contribution in [3.05, 3.63) is 42.2 Å². The number of oxazole rings is 1. The fourth-order valence-corrected chi connectivity index (χ4v) is 3.81. The summed E-state index contributed by atoms with van der Waals surface area (Å²) in [4.78, 5) is 20.7. The highest BCUT2D eigenvalue weighted by Crippen LogP contribution is 2.29. The molecule has 9 heteroatoms. The molecular formula is C17H12FN3O3S2. The second-order valence-electron chi connectivity index (χ2n) is 5.28. The highest BCUT2D eigenvalue weighted by Gasteiger charge is 2.12. The van der Waals surface area contributed by atoms with Crippen LogP contribution in [0.4, 0.5) is 9.52 Å². The number of fused-ring (bicyclic) bond motifs is 2. The molecule has 26 heavy (non-hydrogen) atoms. The minimum absolute atomic E-state index is 0.106. The third kappa shape index (κ3) is 3.49. The fraction of sp³-hybridized carbons (Fsp3) is 0.118. The van der Waals surface area contributed by atoms with Crippen LogP contribution in [0.15, 0.2) is 46.0 Å². The van der Waals surface area contributed by atoms with Crippen LogP contribution in [-0.2, 0) is 4.79 Å². The number of carbonyl (C=O) groups excluding carboxylic acids is 1. The number of hydrogen-bond acceptors (Lipinski definition) is 7. The number of benzene rings is 2. The van der Waals surface area contributed by atoms with Gasteiger partial charge in [0.05, 0.1) is 23.1 Å². The Morgan fingerprint density at radius 3 is 3.00 bits per heavy atom. The van der Waals surface area contributed by atoms with Crippen molar-refractivity contribution in [1.82, 2.24) is 9.97 Å². The summed E-state index contributed by atoms with van der Waals surface area (Å²) in [6, 6.07) is 9.66. The van der Waals surface area contributed by atoms with Crippen molar-refractivity contribution >= 4 is 55.5 Å². The average molecular weight is 389 g/mol. The molecule has 0 bridgehead atoms. The second kappa shape index (κ2) is 6.93. The van der Waals surface area contributed by atoms with Crippen LogP contribution in [0.3, 0.4) is 0 Å². The molecule has 0 aliphatic heterocycles. The van der Waals surface area contributed by atoms with E-state index in [9.17, 15) is 9.18 Å². The summed E-state index contributed by atoms with van der Waals surface area (Å²) in [5.74, 6) is 0.208. The predicted octanol–water partition coefficient (Wildman–Crippen LogP) is 4.32. The van der Waals surface area contributed by atoms with E-state index < -0.39 is 0 Å². The van der Waals surface area contributed by atoms with Gasteiger partial charge in [0.1, 0.15) is 17.1 Å². The van der Waals surface area contributed by atoms with Crippen LogP contribution < -0.4 is 10.1 Å². The summed E-state index contributed by atoms with van der Waals surface area (Å²) in [7, 11) is 1.59. The van der Waals surface area contributed by atoms with E-state index in [1.165, 1.54) is 29.5 Å². The fourth-order valence-electron chi connectivity index (χ4n) is 2.31. The Kier molecular flexibility index (Phi) is 4.48. The molecule has 0 fully saturated rings. The summed E-state index contributed by atoms with van der Waals surface area (Å²) < 4.78 is 24.8. The summed E-state index contributed by atoms with van der Waals surface area (Å²) >= 11 is 2.52. The number of carbonyl (C=O) groups is 1. The molecule has 1 N–H and O–H groups in total. The van der Waals surface area contributed by atoms with Gasteiger partial charge in [0.25, 0.3) is 5.22 Å². The summed E-state index contributed by atoms with van der Waals surface area (Å²) in [5, 5.41) is 3.59. The summed E-state index contributed by atoms with van der Waals surface area (Å²) in [6.07, 6.45) is 0. The lowest BCUT2D eigenvalue weighted by molar-refractivity contribution is -0.113. The maximum Gasteiger partial charge on any atom is 0.257 e. The molecule has 2 aromatic heterocycles. The molecule has 4 rings (SSSR count). The van der Waals surface area contributed by atoms with Gasteiger partial charge in [-0.3, -0.25) is 4.79 Å². The van der Waals surface area contributed by atoms with Gasteiger partial charge in [-0.05, 0) is 24.3 Å². The van der Waals surface area contributed by atoms with Crippen LogP contribution in [0.1, 0.15) is 0 Å². The highest BCUT2D eigenvalue weighted by molar-refractivity contribution is 7.99. The molecular weight excluding hydrogens is 377 g/mol. The first kappa shape index (κ1) is 16.8. The molecule has 0 radical (unpaired) electrons. The number of ether oxygens (including phenoxy) is 1. The van der Waals surface area contributed by atoms with Gasteiger partial charge in [-0.2, -0.15) is 0 Å². The normalized spacial score (nSPS) is 11.2. The van der Waals surface area contributed by atoms with Crippen LogP contribution in [0.25, 0.3) is 21.3 Å². The SMILES string of the molecule is COc1ccc2sc(NC(=O)CSc3nc4cc(F)ccc4o3)nc2c1. The van der Waals surface area contributed by atoms with Crippen molar-refractivity contribution in [1.29, 1.82) is 0 Å². The first-order chi connectivity index (χ1) is 12.6. The molecule has 0 atom stereocenters. The molecule has 0 aliphatic rings. The molecule has 0 saturated carbocycles. The number of aromatic nitrogens is 2. The number of hydrogen-bond donors (Lipinski definition) is 1. The van der Waals surface area contributed by atoms with Crippen LogP contribution in [0.5, 0.6) is 5.75 Å². The van der Waals surface area contributed by atoms with Gasteiger partial charge in [0.2, 0.25) is 5.91 Å². The average Bonchev–Trinajstić information content (AvgIpc) is 3.21. The minimum Gasteiger partial charge on any atom is -0.497 e. The predicted molar refractivity (Wildman–Crippen MR) is 99.5 cm³/mol. The van der Waals surface area contributed by atoms with Crippen molar-refractivity contribution in [2.75, 3.05) is 18.2 Å². The zero-order valence-electron chi connectivity index (χ0n) is 13.5. The number of nitrogens with one attached hydrogen (secondary N) is 1. The quantitative estimate of drug-likeness (QED) is 0.513. The van der Waals surface area contributed by atoms with Crippen molar-refractivity contribution in [3.8, 4) is 5.75 Å². The second-order valence-corrected chi connectivity index (χ2v) is 7.24. The van der Waals surface area contributed by atoms with Gasteiger partial charge in [-0.25, -0.2) is 14.4 Å². The molecule has 1 amide bonds. The highest BCUT2D eigenvalue weighted by atomic mass is 32.2. The van der Waals surface area contributed by atoms with Crippen LogP contribution in [0.2, 0.25) is 0 Å². The van der Waals surface area contributed by atoms with E-state index in [-0.39, 0.29) is 17.5 Å². The Hall–Kier alpha value is -2.65. The molecule has 0 unspecified atom stereocenters. The van der Waals surface area contributed by atoms with E-state index in [1.807, 2.05) is 18.2 Å². The number of anilines is 1. The molecule has 132 valence electrons. The van der Waals surface area contributed by atoms with E-state index >= 15 is 0 Å². The Labute approximate surface area is 155 Å². The van der Waals surface area contributed by atoms with Crippen molar-refractivity contribution < 1.29 is 18.3 Å². The smallest absolute Gasteiger partial charge is 0.257 e. The molecule has 0 spiro atoms. The number of halogens is 1.